The number of benzene rings is 2. The van der Waals surface area contributed by atoms with E-state index in [1.165, 1.54) is 0 Å². The number of carbonyl (C=O) groups excluding carboxylic acids is 3. The molecule has 1 aliphatic rings. The van der Waals surface area contributed by atoms with Crippen LogP contribution in [0.5, 0.6) is 0 Å². The van der Waals surface area contributed by atoms with Gasteiger partial charge in [0.05, 0.1) is 4.91 Å². The topological polar surface area (TPSA) is 66.5 Å². The van der Waals surface area contributed by atoms with E-state index in [1.54, 1.807) is 12.1 Å². The number of aryl methyl sites for hydroxylation is 1. The van der Waals surface area contributed by atoms with Crippen molar-refractivity contribution in [3.8, 4) is 0 Å². The Morgan fingerprint density at radius 2 is 1.76 bits per heavy atom. The van der Waals surface area contributed by atoms with Crippen LogP contribution >= 0.6 is 11.8 Å². The first-order valence-corrected chi connectivity index (χ1v) is 8.52. The Balaban J connectivity index is 1.70. The number of amides is 3. The molecule has 3 rings (SSSR count). The van der Waals surface area contributed by atoms with Gasteiger partial charge in [-0.25, -0.2) is 0 Å². The summed E-state index contributed by atoms with van der Waals surface area (Å²) < 4.78 is 0. The normalized spacial score (nSPS) is 15.7. The maximum atomic E-state index is 12.4. The lowest BCUT2D eigenvalue weighted by Crippen LogP contribution is -2.36. The van der Waals surface area contributed by atoms with Crippen LogP contribution in [0.25, 0.3) is 6.08 Å². The Labute approximate surface area is 149 Å². The number of hydrogen-bond acceptors (Lipinski definition) is 4. The average Bonchev–Trinajstić information content (AvgIpc) is 2.85. The van der Waals surface area contributed by atoms with E-state index in [2.05, 4.69) is 5.32 Å². The highest BCUT2D eigenvalue weighted by atomic mass is 32.2. The van der Waals surface area contributed by atoms with Gasteiger partial charge in [0.15, 0.2) is 0 Å². The summed E-state index contributed by atoms with van der Waals surface area (Å²) in [4.78, 5) is 38.0. The summed E-state index contributed by atoms with van der Waals surface area (Å²) in [5.74, 6) is -0.851. The quantitative estimate of drug-likeness (QED) is 0.853. The molecule has 0 bridgehead atoms. The number of anilines is 1. The highest BCUT2D eigenvalue weighted by molar-refractivity contribution is 8.18. The summed E-state index contributed by atoms with van der Waals surface area (Å²) in [5.41, 5.74) is 2.41. The van der Waals surface area contributed by atoms with Crippen molar-refractivity contribution in [2.45, 2.75) is 6.92 Å². The molecule has 1 heterocycles. The molecular weight excluding hydrogens is 336 g/mol. The minimum Gasteiger partial charge on any atom is -0.324 e. The molecule has 2 aromatic rings. The van der Waals surface area contributed by atoms with Crippen LogP contribution in [-0.4, -0.2) is 28.5 Å². The molecule has 0 aromatic heterocycles. The minimum atomic E-state index is -0.446. The highest BCUT2D eigenvalue weighted by Gasteiger charge is 2.36. The first-order chi connectivity index (χ1) is 12.0. The molecule has 5 nitrogen and oxygen atoms in total. The van der Waals surface area contributed by atoms with Gasteiger partial charge in [-0.2, -0.15) is 0 Å². The Morgan fingerprint density at radius 1 is 1.08 bits per heavy atom. The smallest absolute Gasteiger partial charge is 0.294 e. The van der Waals surface area contributed by atoms with Gasteiger partial charge in [-0.3, -0.25) is 19.3 Å². The first kappa shape index (κ1) is 17.0. The van der Waals surface area contributed by atoms with Crippen LogP contribution in [0.2, 0.25) is 0 Å². The lowest BCUT2D eigenvalue weighted by atomic mass is 10.2. The van der Waals surface area contributed by atoms with Gasteiger partial charge in [0, 0.05) is 5.69 Å². The van der Waals surface area contributed by atoms with E-state index in [4.69, 9.17) is 0 Å². The number of rotatable bonds is 4. The molecule has 3 amide bonds. The third-order valence-corrected chi connectivity index (χ3v) is 4.60. The number of nitrogens with one attached hydrogen (secondary N) is 1. The lowest BCUT2D eigenvalue weighted by molar-refractivity contribution is -0.127. The minimum absolute atomic E-state index is 0.300. The Hall–Kier alpha value is -2.86. The predicted octanol–water partition coefficient (Wildman–Crippen LogP) is 3.67. The van der Waals surface area contributed by atoms with Gasteiger partial charge in [-0.05, 0) is 42.0 Å². The summed E-state index contributed by atoms with van der Waals surface area (Å²) in [6.07, 6.45) is 1.66. The zero-order chi connectivity index (χ0) is 17.8. The second-order valence-corrected chi connectivity index (χ2v) is 6.53. The molecule has 6 heteroatoms. The van der Waals surface area contributed by atoms with Crippen molar-refractivity contribution in [3.05, 3.63) is 70.6 Å². The Morgan fingerprint density at radius 3 is 2.48 bits per heavy atom. The van der Waals surface area contributed by atoms with Gasteiger partial charge < -0.3 is 5.32 Å². The summed E-state index contributed by atoms with van der Waals surface area (Å²) in [7, 11) is 0. The summed E-state index contributed by atoms with van der Waals surface area (Å²) in [5, 5.41) is 2.29. The molecule has 0 radical (unpaired) electrons. The second kappa shape index (κ2) is 7.36. The van der Waals surface area contributed by atoms with Gasteiger partial charge in [0.2, 0.25) is 5.91 Å². The van der Waals surface area contributed by atoms with Crippen molar-refractivity contribution < 1.29 is 14.4 Å². The van der Waals surface area contributed by atoms with E-state index >= 15 is 0 Å². The Bertz CT molecular complexity index is 862. The van der Waals surface area contributed by atoms with Crippen molar-refractivity contribution in [1.29, 1.82) is 0 Å². The molecule has 1 saturated heterocycles. The maximum Gasteiger partial charge on any atom is 0.294 e. The maximum absolute atomic E-state index is 12.4. The molecule has 1 fully saturated rings. The zero-order valence-electron chi connectivity index (χ0n) is 13.6. The van der Waals surface area contributed by atoms with Gasteiger partial charge in [0.1, 0.15) is 6.54 Å². The third kappa shape index (κ3) is 3.97. The highest BCUT2D eigenvalue weighted by Crippen LogP contribution is 2.32. The first-order valence-electron chi connectivity index (χ1n) is 7.70. The third-order valence-electron chi connectivity index (χ3n) is 3.69. The van der Waals surface area contributed by atoms with Crippen molar-refractivity contribution in [2.75, 3.05) is 11.9 Å². The van der Waals surface area contributed by atoms with E-state index < -0.39 is 17.1 Å². The van der Waals surface area contributed by atoms with Crippen molar-refractivity contribution in [2.24, 2.45) is 0 Å². The summed E-state index contributed by atoms with van der Waals surface area (Å²) in [6.45, 7) is 1.57. The zero-order valence-corrected chi connectivity index (χ0v) is 14.4. The number of imide groups is 1. The molecule has 1 N–H and O–H groups in total. The fraction of sp³-hybridized carbons (Fsp3) is 0.105. The number of thioether (sulfide) groups is 1. The standard InChI is InChI=1S/C19H16N2O3S/c1-13-7-5-6-10-15(13)20-17(22)12-21-18(23)16(25-19(21)24)11-14-8-3-2-4-9-14/h2-11H,12H2,1H3,(H,20,22)/b16-11-. The fourth-order valence-corrected chi connectivity index (χ4v) is 3.22. The molecule has 0 spiro atoms. The van der Waals surface area contributed by atoms with E-state index in [9.17, 15) is 14.4 Å². The monoisotopic (exact) mass is 352 g/mol. The molecule has 2 aromatic carbocycles. The number of carbonyl (C=O) groups is 3. The van der Waals surface area contributed by atoms with E-state index in [0.29, 0.717) is 10.6 Å². The van der Waals surface area contributed by atoms with Crippen LogP contribution in [-0.2, 0) is 9.59 Å². The summed E-state index contributed by atoms with van der Waals surface area (Å²) >= 11 is 0.847. The van der Waals surface area contributed by atoms with E-state index in [-0.39, 0.29) is 6.54 Å². The predicted molar refractivity (Wildman–Crippen MR) is 98.9 cm³/mol. The van der Waals surface area contributed by atoms with Crippen molar-refractivity contribution in [1.82, 2.24) is 4.90 Å². The molecular formula is C19H16N2O3S. The molecule has 0 saturated carbocycles. The molecule has 0 aliphatic carbocycles. The van der Waals surface area contributed by atoms with Gasteiger partial charge in [-0.1, -0.05) is 48.5 Å². The Kier molecular flexibility index (Phi) is 5.00. The molecule has 1 aliphatic heterocycles. The summed E-state index contributed by atoms with van der Waals surface area (Å²) in [6, 6.07) is 16.6. The average molecular weight is 352 g/mol. The number of para-hydroxylation sites is 1. The van der Waals surface area contributed by atoms with Crippen LogP contribution in [0.15, 0.2) is 59.5 Å². The van der Waals surface area contributed by atoms with Gasteiger partial charge >= 0.3 is 0 Å². The van der Waals surface area contributed by atoms with Crippen LogP contribution < -0.4 is 5.32 Å². The van der Waals surface area contributed by atoms with Crippen LogP contribution in [0.4, 0.5) is 10.5 Å². The van der Waals surface area contributed by atoms with Crippen LogP contribution in [0.3, 0.4) is 0 Å². The molecule has 126 valence electrons. The van der Waals surface area contributed by atoms with E-state index in [1.807, 2.05) is 55.5 Å². The largest absolute Gasteiger partial charge is 0.324 e. The van der Waals surface area contributed by atoms with Crippen LogP contribution in [0.1, 0.15) is 11.1 Å². The second-order valence-electron chi connectivity index (χ2n) is 5.54. The lowest BCUT2D eigenvalue weighted by Gasteiger charge is -2.13. The molecule has 25 heavy (non-hydrogen) atoms. The number of nitrogens with zero attached hydrogens (tertiary/aromatic N) is 1. The van der Waals surface area contributed by atoms with Crippen molar-refractivity contribution >= 4 is 40.6 Å². The number of hydrogen-bond donors (Lipinski definition) is 1. The molecule has 0 atom stereocenters. The van der Waals surface area contributed by atoms with E-state index in [0.717, 1.165) is 27.8 Å². The van der Waals surface area contributed by atoms with Gasteiger partial charge in [0.25, 0.3) is 11.1 Å². The molecule has 0 unspecified atom stereocenters. The van der Waals surface area contributed by atoms with Gasteiger partial charge in [-0.15, -0.1) is 0 Å². The SMILES string of the molecule is Cc1ccccc1NC(=O)CN1C(=O)S/C(=C\c2ccccc2)C1=O. The van der Waals surface area contributed by atoms with Crippen LogP contribution in [0, 0.1) is 6.92 Å². The fourth-order valence-electron chi connectivity index (χ4n) is 2.38. The van der Waals surface area contributed by atoms with Crippen molar-refractivity contribution in [3.63, 3.8) is 0 Å².